The van der Waals surface area contributed by atoms with E-state index in [9.17, 15) is 0 Å². The molecule has 0 bridgehead atoms. The van der Waals surface area contributed by atoms with Crippen molar-refractivity contribution in [3.63, 3.8) is 0 Å². The van der Waals surface area contributed by atoms with E-state index in [2.05, 4.69) is 29.6 Å². The van der Waals surface area contributed by atoms with Crippen LogP contribution >= 0.6 is 0 Å². The molecule has 1 aromatic carbocycles. The van der Waals surface area contributed by atoms with E-state index < -0.39 is 0 Å². The predicted octanol–water partition coefficient (Wildman–Crippen LogP) is 2.48. The van der Waals surface area contributed by atoms with E-state index in [0.717, 1.165) is 18.3 Å². The Kier molecular flexibility index (Phi) is 2.37. The van der Waals surface area contributed by atoms with Gasteiger partial charge in [0.15, 0.2) is 0 Å². The minimum absolute atomic E-state index is 0.500. The van der Waals surface area contributed by atoms with Crippen molar-refractivity contribution in [2.24, 2.45) is 0 Å². The van der Waals surface area contributed by atoms with E-state index in [1.807, 2.05) is 0 Å². The van der Waals surface area contributed by atoms with Gasteiger partial charge in [-0.25, -0.2) is 0 Å². The first-order valence-corrected chi connectivity index (χ1v) is 5.89. The summed E-state index contributed by atoms with van der Waals surface area (Å²) in [5.74, 6) is 1.02. The highest BCUT2D eigenvalue weighted by Gasteiger charge is 2.23. The van der Waals surface area contributed by atoms with Crippen LogP contribution in [0.2, 0.25) is 0 Å². The lowest BCUT2D eigenvalue weighted by atomic mass is 10.2. The van der Waals surface area contributed by atoms with Crippen molar-refractivity contribution in [2.75, 3.05) is 0 Å². The summed E-state index contributed by atoms with van der Waals surface area (Å²) in [7, 11) is 0. The highest BCUT2D eigenvalue weighted by molar-refractivity contribution is 5.27. The highest BCUT2D eigenvalue weighted by atomic mass is 16.5. The SMILES string of the molecule is c1cc(OC2CC2)ccc1CNC1CC1. The Morgan fingerprint density at radius 1 is 1.07 bits per heavy atom. The van der Waals surface area contributed by atoms with Crippen LogP contribution in [0.15, 0.2) is 24.3 Å². The van der Waals surface area contributed by atoms with Crippen LogP contribution in [0.1, 0.15) is 31.2 Å². The van der Waals surface area contributed by atoms with Crippen molar-refractivity contribution in [1.82, 2.24) is 5.32 Å². The Labute approximate surface area is 90.6 Å². The zero-order chi connectivity index (χ0) is 10.1. The van der Waals surface area contributed by atoms with Gasteiger partial charge in [0.2, 0.25) is 0 Å². The van der Waals surface area contributed by atoms with Gasteiger partial charge in [0, 0.05) is 12.6 Å². The largest absolute Gasteiger partial charge is 0.490 e. The Balaban J connectivity index is 1.53. The molecule has 1 aromatic rings. The quantitative estimate of drug-likeness (QED) is 0.793. The predicted molar refractivity (Wildman–Crippen MR) is 60.0 cm³/mol. The normalized spacial score (nSPS) is 20.3. The zero-order valence-corrected chi connectivity index (χ0v) is 8.91. The molecule has 0 spiro atoms. The molecule has 0 heterocycles. The first-order valence-electron chi connectivity index (χ1n) is 5.89. The molecule has 2 heteroatoms. The second-order valence-electron chi connectivity index (χ2n) is 4.62. The maximum absolute atomic E-state index is 5.70. The number of nitrogens with one attached hydrogen (secondary N) is 1. The molecule has 0 atom stereocenters. The van der Waals surface area contributed by atoms with Gasteiger partial charge in [0.25, 0.3) is 0 Å². The third-order valence-electron chi connectivity index (χ3n) is 2.92. The number of hydrogen-bond acceptors (Lipinski definition) is 2. The number of rotatable bonds is 5. The monoisotopic (exact) mass is 203 g/mol. The average Bonchev–Trinajstić information content (AvgIpc) is 3.12. The molecular formula is C13H17NO. The van der Waals surface area contributed by atoms with E-state index in [0.29, 0.717) is 6.10 Å². The standard InChI is InChI=1S/C13H17NO/c1-5-12(15-13-7-8-13)6-2-10(1)9-14-11-3-4-11/h1-2,5-6,11,13-14H,3-4,7-9H2. The molecular weight excluding hydrogens is 186 g/mol. The van der Waals surface area contributed by atoms with Gasteiger partial charge in [-0.15, -0.1) is 0 Å². The van der Waals surface area contributed by atoms with Crippen LogP contribution in [0, 0.1) is 0 Å². The number of hydrogen-bond donors (Lipinski definition) is 1. The Hall–Kier alpha value is -1.02. The van der Waals surface area contributed by atoms with Gasteiger partial charge in [0.1, 0.15) is 5.75 Å². The molecule has 0 radical (unpaired) electrons. The summed E-state index contributed by atoms with van der Waals surface area (Å²) in [5, 5.41) is 3.50. The Morgan fingerprint density at radius 2 is 1.80 bits per heavy atom. The Morgan fingerprint density at radius 3 is 2.40 bits per heavy atom. The molecule has 0 amide bonds. The summed E-state index contributed by atoms with van der Waals surface area (Å²) >= 11 is 0. The number of ether oxygens (including phenoxy) is 1. The van der Waals surface area contributed by atoms with Crippen LogP contribution < -0.4 is 10.1 Å². The minimum Gasteiger partial charge on any atom is -0.490 e. The third-order valence-corrected chi connectivity index (χ3v) is 2.92. The van der Waals surface area contributed by atoms with E-state index in [4.69, 9.17) is 4.74 Å². The molecule has 3 rings (SSSR count). The summed E-state index contributed by atoms with van der Waals surface area (Å²) in [6.07, 6.45) is 5.65. The van der Waals surface area contributed by atoms with Gasteiger partial charge < -0.3 is 10.1 Å². The maximum atomic E-state index is 5.70. The third kappa shape index (κ3) is 2.72. The van der Waals surface area contributed by atoms with Crippen LogP contribution in [0.5, 0.6) is 5.75 Å². The summed E-state index contributed by atoms with van der Waals surface area (Å²) in [4.78, 5) is 0. The number of benzene rings is 1. The fourth-order valence-electron chi connectivity index (χ4n) is 1.61. The van der Waals surface area contributed by atoms with Crippen LogP contribution in [0.4, 0.5) is 0 Å². The summed E-state index contributed by atoms with van der Waals surface area (Å²) in [5.41, 5.74) is 1.35. The first-order chi connectivity index (χ1) is 7.40. The van der Waals surface area contributed by atoms with Gasteiger partial charge in [-0.05, 0) is 43.4 Å². The molecule has 1 N–H and O–H groups in total. The molecule has 2 saturated carbocycles. The van der Waals surface area contributed by atoms with Crippen molar-refractivity contribution >= 4 is 0 Å². The summed E-state index contributed by atoms with van der Waals surface area (Å²) in [6, 6.07) is 9.28. The lowest BCUT2D eigenvalue weighted by Gasteiger charge is -2.06. The van der Waals surface area contributed by atoms with Crippen molar-refractivity contribution in [2.45, 2.75) is 44.4 Å². The Bertz CT molecular complexity index is 325. The maximum Gasteiger partial charge on any atom is 0.119 e. The highest BCUT2D eigenvalue weighted by Crippen LogP contribution is 2.26. The van der Waals surface area contributed by atoms with Crippen molar-refractivity contribution in [1.29, 1.82) is 0 Å². The second-order valence-corrected chi connectivity index (χ2v) is 4.62. The molecule has 2 aliphatic carbocycles. The molecule has 2 nitrogen and oxygen atoms in total. The van der Waals surface area contributed by atoms with Crippen molar-refractivity contribution in [3.8, 4) is 5.75 Å². The van der Waals surface area contributed by atoms with Crippen LogP contribution in [-0.4, -0.2) is 12.1 Å². The fourth-order valence-corrected chi connectivity index (χ4v) is 1.61. The van der Waals surface area contributed by atoms with E-state index in [-0.39, 0.29) is 0 Å². The topological polar surface area (TPSA) is 21.3 Å². The molecule has 15 heavy (non-hydrogen) atoms. The van der Waals surface area contributed by atoms with Crippen LogP contribution in [0.3, 0.4) is 0 Å². The van der Waals surface area contributed by atoms with Crippen molar-refractivity contribution < 1.29 is 4.74 Å². The van der Waals surface area contributed by atoms with Gasteiger partial charge >= 0.3 is 0 Å². The molecule has 0 saturated heterocycles. The second kappa shape index (κ2) is 3.86. The molecule has 0 aliphatic heterocycles. The van der Waals surface area contributed by atoms with Gasteiger partial charge in [-0.3, -0.25) is 0 Å². The minimum atomic E-state index is 0.500. The average molecular weight is 203 g/mol. The summed E-state index contributed by atoms with van der Waals surface area (Å²) < 4.78 is 5.70. The van der Waals surface area contributed by atoms with Crippen molar-refractivity contribution in [3.05, 3.63) is 29.8 Å². The molecule has 2 fully saturated rings. The molecule has 80 valence electrons. The lowest BCUT2D eigenvalue weighted by molar-refractivity contribution is 0.303. The zero-order valence-electron chi connectivity index (χ0n) is 8.91. The van der Waals surface area contributed by atoms with Crippen LogP contribution in [0.25, 0.3) is 0 Å². The van der Waals surface area contributed by atoms with E-state index in [1.165, 1.54) is 31.2 Å². The van der Waals surface area contributed by atoms with E-state index >= 15 is 0 Å². The lowest BCUT2D eigenvalue weighted by Crippen LogP contribution is -2.15. The fraction of sp³-hybridized carbons (Fsp3) is 0.538. The van der Waals surface area contributed by atoms with Gasteiger partial charge in [0.05, 0.1) is 6.10 Å². The van der Waals surface area contributed by atoms with Crippen LogP contribution in [-0.2, 0) is 6.54 Å². The van der Waals surface area contributed by atoms with Gasteiger partial charge in [-0.1, -0.05) is 12.1 Å². The van der Waals surface area contributed by atoms with E-state index in [1.54, 1.807) is 0 Å². The molecule has 2 aliphatic rings. The molecule has 0 unspecified atom stereocenters. The van der Waals surface area contributed by atoms with Gasteiger partial charge in [-0.2, -0.15) is 0 Å². The smallest absolute Gasteiger partial charge is 0.119 e. The first kappa shape index (κ1) is 9.22. The molecule has 0 aromatic heterocycles. The summed E-state index contributed by atoms with van der Waals surface area (Å²) in [6.45, 7) is 0.994.